The second-order valence-electron chi connectivity index (χ2n) is 7.10. The fourth-order valence-corrected chi connectivity index (χ4v) is 4.13. The molecule has 0 aliphatic carbocycles. The first-order valence-electron chi connectivity index (χ1n) is 8.55. The maximum Gasteiger partial charge on any atom is 0.245 e. The van der Waals surface area contributed by atoms with Gasteiger partial charge in [0.1, 0.15) is 6.04 Å². The van der Waals surface area contributed by atoms with Crippen molar-refractivity contribution in [2.24, 2.45) is 0 Å². The first kappa shape index (κ1) is 16.0. The van der Waals surface area contributed by atoms with E-state index in [9.17, 15) is 9.59 Å². The summed E-state index contributed by atoms with van der Waals surface area (Å²) >= 11 is 0. The van der Waals surface area contributed by atoms with Crippen molar-refractivity contribution in [2.45, 2.75) is 59.0 Å². The lowest BCUT2D eigenvalue weighted by molar-refractivity contribution is -0.152. The molecule has 124 valence electrons. The maximum atomic E-state index is 12.9. The zero-order chi connectivity index (χ0) is 16.7. The van der Waals surface area contributed by atoms with Crippen LogP contribution in [-0.2, 0) is 16.0 Å². The SMILES string of the molecule is Cc1cc(C)c(CC(=O)N2C[C@H]3CCCN3C(=O)[C@H]2C)c(C)c1. The van der Waals surface area contributed by atoms with Crippen molar-refractivity contribution in [3.05, 3.63) is 34.4 Å². The van der Waals surface area contributed by atoms with Gasteiger partial charge in [-0.2, -0.15) is 0 Å². The Labute approximate surface area is 138 Å². The molecule has 4 heteroatoms. The topological polar surface area (TPSA) is 40.6 Å². The van der Waals surface area contributed by atoms with Gasteiger partial charge in [-0.05, 0) is 57.2 Å². The van der Waals surface area contributed by atoms with Crippen LogP contribution in [0, 0.1) is 20.8 Å². The number of fused-ring (bicyclic) bond motifs is 1. The summed E-state index contributed by atoms with van der Waals surface area (Å²) in [4.78, 5) is 29.1. The molecule has 2 aliphatic rings. The molecule has 2 fully saturated rings. The molecule has 0 bridgehead atoms. The van der Waals surface area contributed by atoms with Gasteiger partial charge in [0, 0.05) is 19.1 Å². The first-order chi connectivity index (χ1) is 10.9. The second-order valence-corrected chi connectivity index (χ2v) is 7.10. The van der Waals surface area contributed by atoms with E-state index in [0.717, 1.165) is 36.1 Å². The van der Waals surface area contributed by atoms with Crippen molar-refractivity contribution in [1.82, 2.24) is 9.80 Å². The van der Waals surface area contributed by atoms with Crippen LogP contribution >= 0.6 is 0 Å². The summed E-state index contributed by atoms with van der Waals surface area (Å²) in [5.74, 6) is 0.192. The number of aryl methyl sites for hydroxylation is 3. The van der Waals surface area contributed by atoms with Gasteiger partial charge in [0.2, 0.25) is 11.8 Å². The maximum absolute atomic E-state index is 12.9. The smallest absolute Gasteiger partial charge is 0.245 e. The largest absolute Gasteiger partial charge is 0.336 e. The summed E-state index contributed by atoms with van der Waals surface area (Å²) < 4.78 is 0. The van der Waals surface area contributed by atoms with E-state index in [2.05, 4.69) is 32.9 Å². The molecule has 1 aromatic rings. The Balaban J connectivity index is 1.79. The molecule has 1 aromatic carbocycles. The second kappa shape index (κ2) is 5.99. The van der Waals surface area contributed by atoms with Crippen LogP contribution in [0.3, 0.4) is 0 Å². The monoisotopic (exact) mass is 314 g/mol. The van der Waals surface area contributed by atoms with E-state index in [0.29, 0.717) is 13.0 Å². The van der Waals surface area contributed by atoms with Gasteiger partial charge in [-0.3, -0.25) is 9.59 Å². The Hall–Kier alpha value is -1.84. The molecule has 23 heavy (non-hydrogen) atoms. The van der Waals surface area contributed by atoms with Crippen LogP contribution in [0.15, 0.2) is 12.1 Å². The molecular formula is C19H26N2O2. The van der Waals surface area contributed by atoms with Crippen molar-refractivity contribution in [2.75, 3.05) is 13.1 Å². The number of hydrogen-bond donors (Lipinski definition) is 0. The third-order valence-electron chi connectivity index (χ3n) is 5.38. The number of carbonyl (C=O) groups is 2. The first-order valence-corrected chi connectivity index (χ1v) is 8.55. The average molecular weight is 314 g/mol. The number of hydrogen-bond acceptors (Lipinski definition) is 2. The van der Waals surface area contributed by atoms with E-state index in [1.165, 1.54) is 5.56 Å². The summed E-state index contributed by atoms with van der Waals surface area (Å²) in [5, 5.41) is 0. The molecule has 3 rings (SSSR count). The Kier molecular flexibility index (Phi) is 4.17. The van der Waals surface area contributed by atoms with Crippen LogP contribution in [0.1, 0.15) is 42.0 Å². The Morgan fingerprint density at radius 2 is 1.87 bits per heavy atom. The molecule has 0 N–H and O–H groups in total. The minimum absolute atomic E-state index is 0.0763. The Morgan fingerprint density at radius 1 is 1.22 bits per heavy atom. The zero-order valence-electron chi connectivity index (χ0n) is 14.6. The van der Waals surface area contributed by atoms with E-state index in [1.54, 1.807) is 4.90 Å². The summed E-state index contributed by atoms with van der Waals surface area (Å²) in [6.45, 7) is 9.61. The number of nitrogens with zero attached hydrogens (tertiary/aromatic N) is 2. The molecule has 0 spiro atoms. The van der Waals surface area contributed by atoms with Gasteiger partial charge in [-0.25, -0.2) is 0 Å². The third-order valence-corrected chi connectivity index (χ3v) is 5.38. The molecule has 0 unspecified atom stereocenters. The lowest BCUT2D eigenvalue weighted by Crippen LogP contribution is -2.60. The standard InChI is InChI=1S/C19H26N2O2/c1-12-8-13(2)17(14(3)9-12)10-18(22)21-11-16-6-5-7-20(16)19(23)15(21)4/h8-9,15-16H,5-7,10-11H2,1-4H3/t15-,16-/m1/s1. The highest BCUT2D eigenvalue weighted by Crippen LogP contribution is 2.27. The van der Waals surface area contributed by atoms with Gasteiger partial charge in [-0.1, -0.05) is 17.7 Å². The summed E-state index contributed by atoms with van der Waals surface area (Å²) in [6.07, 6.45) is 2.47. The van der Waals surface area contributed by atoms with Gasteiger partial charge in [0.05, 0.1) is 6.42 Å². The highest BCUT2D eigenvalue weighted by molar-refractivity contribution is 5.90. The minimum atomic E-state index is -0.331. The average Bonchev–Trinajstić information content (AvgIpc) is 2.95. The number of amides is 2. The molecule has 2 aliphatic heterocycles. The highest BCUT2D eigenvalue weighted by atomic mass is 16.2. The van der Waals surface area contributed by atoms with Crippen molar-refractivity contribution < 1.29 is 9.59 Å². The van der Waals surface area contributed by atoms with Crippen LogP contribution in [0.25, 0.3) is 0 Å². The van der Waals surface area contributed by atoms with Crippen molar-refractivity contribution >= 4 is 11.8 Å². The Morgan fingerprint density at radius 3 is 2.52 bits per heavy atom. The van der Waals surface area contributed by atoms with Crippen LogP contribution < -0.4 is 0 Å². The highest BCUT2D eigenvalue weighted by Gasteiger charge is 2.41. The minimum Gasteiger partial charge on any atom is -0.336 e. The molecule has 2 heterocycles. The van der Waals surface area contributed by atoms with Gasteiger partial charge in [0.15, 0.2) is 0 Å². The van der Waals surface area contributed by atoms with Crippen LogP contribution in [0.4, 0.5) is 0 Å². The molecule has 0 aromatic heterocycles. The fraction of sp³-hybridized carbons (Fsp3) is 0.579. The van der Waals surface area contributed by atoms with Gasteiger partial charge in [-0.15, -0.1) is 0 Å². The van der Waals surface area contributed by atoms with E-state index in [-0.39, 0.29) is 23.9 Å². The number of carbonyl (C=O) groups excluding carboxylic acids is 2. The summed E-state index contributed by atoms with van der Waals surface area (Å²) in [7, 11) is 0. The lowest BCUT2D eigenvalue weighted by Gasteiger charge is -2.41. The normalized spacial score (nSPS) is 24.1. The van der Waals surface area contributed by atoms with Crippen molar-refractivity contribution in [3.8, 4) is 0 Å². The van der Waals surface area contributed by atoms with Crippen molar-refractivity contribution in [1.29, 1.82) is 0 Å². The van der Waals surface area contributed by atoms with E-state index >= 15 is 0 Å². The number of piperazine rings is 1. The van der Waals surface area contributed by atoms with Crippen molar-refractivity contribution in [3.63, 3.8) is 0 Å². The summed E-state index contributed by atoms with van der Waals surface area (Å²) in [5.41, 5.74) is 4.65. The van der Waals surface area contributed by atoms with Crippen LogP contribution in [-0.4, -0.2) is 46.8 Å². The molecule has 2 atom stereocenters. The quantitative estimate of drug-likeness (QED) is 0.841. The van der Waals surface area contributed by atoms with E-state index in [1.807, 2.05) is 11.8 Å². The van der Waals surface area contributed by atoms with Crippen LogP contribution in [0.5, 0.6) is 0 Å². The van der Waals surface area contributed by atoms with Crippen LogP contribution in [0.2, 0.25) is 0 Å². The molecule has 2 amide bonds. The predicted octanol–water partition coefficient (Wildman–Crippen LogP) is 2.38. The lowest BCUT2D eigenvalue weighted by atomic mass is 9.96. The molecule has 0 radical (unpaired) electrons. The number of rotatable bonds is 2. The fourth-order valence-electron chi connectivity index (χ4n) is 4.13. The van der Waals surface area contributed by atoms with Gasteiger partial charge >= 0.3 is 0 Å². The summed E-state index contributed by atoms with van der Waals surface area (Å²) in [6, 6.07) is 4.14. The van der Waals surface area contributed by atoms with E-state index in [4.69, 9.17) is 0 Å². The molecule has 2 saturated heterocycles. The van der Waals surface area contributed by atoms with Gasteiger partial charge < -0.3 is 9.80 Å². The zero-order valence-corrected chi connectivity index (χ0v) is 14.6. The number of benzene rings is 1. The van der Waals surface area contributed by atoms with E-state index < -0.39 is 0 Å². The molecular weight excluding hydrogens is 288 g/mol. The molecule has 4 nitrogen and oxygen atoms in total. The predicted molar refractivity (Wildman–Crippen MR) is 90.3 cm³/mol. The molecule has 0 saturated carbocycles. The van der Waals surface area contributed by atoms with Gasteiger partial charge in [0.25, 0.3) is 0 Å². The Bertz CT molecular complexity index is 630. The third kappa shape index (κ3) is 2.87.